The van der Waals surface area contributed by atoms with E-state index in [2.05, 4.69) is 9.47 Å². The monoisotopic (exact) mass is 171 g/mol. The number of rotatable bonds is 2. The van der Waals surface area contributed by atoms with Crippen LogP contribution >= 0.6 is 0 Å². The predicted octanol–water partition coefficient (Wildman–Crippen LogP) is 0.125. The van der Waals surface area contributed by atoms with Crippen molar-refractivity contribution in [1.82, 2.24) is 4.90 Å². The normalized spacial score (nSPS) is 16.8. The van der Waals surface area contributed by atoms with Gasteiger partial charge in [-0.15, -0.1) is 0 Å². The first-order chi connectivity index (χ1) is 5.75. The highest BCUT2D eigenvalue weighted by molar-refractivity contribution is 5.99. The lowest BCUT2D eigenvalue weighted by molar-refractivity contribution is -0.122. The summed E-state index contributed by atoms with van der Waals surface area (Å²) in [4.78, 5) is 22.9. The van der Waals surface area contributed by atoms with E-state index in [4.69, 9.17) is 0 Å². The third kappa shape index (κ3) is 1.75. The van der Waals surface area contributed by atoms with Gasteiger partial charge in [0.25, 0.3) is 5.91 Å². The third-order valence-corrected chi connectivity index (χ3v) is 1.37. The number of amides is 2. The minimum Gasteiger partial charge on any atom is -0.504 e. The minimum absolute atomic E-state index is 0.269. The molecule has 12 heavy (non-hydrogen) atoms. The van der Waals surface area contributed by atoms with Crippen LogP contribution < -0.4 is 0 Å². The molecule has 5 nitrogen and oxygen atoms in total. The Kier molecular flexibility index (Phi) is 2.68. The summed E-state index contributed by atoms with van der Waals surface area (Å²) in [6.07, 6.45) is 1.79. The maximum atomic E-state index is 11.1. The molecule has 66 valence electrons. The van der Waals surface area contributed by atoms with Crippen LogP contribution in [0.2, 0.25) is 0 Å². The molecule has 2 amide bonds. The van der Waals surface area contributed by atoms with E-state index >= 15 is 0 Å². The Morgan fingerprint density at radius 1 is 1.75 bits per heavy atom. The van der Waals surface area contributed by atoms with Gasteiger partial charge in [0.2, 0.25) is 0 Å². The largest absolute Gasteiger partial charge is 0.504 e. The molecule has 0 radical (unpaired) electrons. The van der Waals surface area contributed by atoms with Gasteiger partial charge in [-0.25, -0.2) is 9.69 Å². The van der Waals surface area contributed by atoms with Crippen LogP contribution in [0.4, 0.5) is 4.79 Å². The van der Waals surface area contributed by atoms with E-state index in [9.17, 15) is 9.59 Å². The summed E-state index contributed by atoms with van der Waals surface area (Å²) in [6.45, 7) is 0.580. The molecule has 0 unspecified atom stereocenters. The number of imide groups is 1. The quantitative estimate of drug-likeness (QED) is 0.437. The van der Waals surface area contributed by atoms with Crippen molar-refractivity contribution in [3.05, 3.63) is 12.3 Å². The van der Waals surface area contributed by atoms with E-state index in [1.807, 2.05) is 0 Å². The molecule has 0 aliphatic carbocycles. The molecule has 0 aromatic rings. The second kappa shape index (κ2) is 3.75. The summed E-state index contributed by atoms with van der Waals surface area (Å²) in [5.74, 6) is -0.417. The lowest BCUT2D eigenvalue weighted by Crippen LogP contribution is -2.29. The van der Waals surface area contributed by atoms with Gasteiger partial charge in [0.1, 0.15) is 6.61 Å². The van der Waals surface area contributed by atoms with E-state index in [-0.39, 0.29) is 6.61 Å². The third-order valence-electron chi connectivity index (χ3n) is 1.37. The number of cyclic esters (lactones) is 1. The predicted molar refractivity (Wildman–Crippen MR) is 39.2 cm³/mol. The SMILES string of the molecule is CO/C=C/C(=O)N1CCOC1=O. The number of carbonyl (C=O) groups is 2. The second-order valence-electron chi connectivity index (χ2n) is 2.14. The molecular weight excluding hydrogens is 162 g/mol. The van der Waals surface area contributed by atoms with E-state index < -0.39 is 12.0 Å². The number of carbonyl (C=O) groups excluding carboxylic acids is 2. The fourth-order valence-electron chi connectivity index (χ4n) is 0.810. The van der Waals surface area contributed by atoms with Crippen LogP contribution in [0.1, 0.15) is 0 Å². The molecule has 1 rings (SSSR count). The lowest BCUT2D eigenvalue weighted by Gasteiger charge is -2.05. The number of ether oxygens (including phenoxy) is 2. The molecule has 0 spiro atoms. The topological polar surface area (TPSA) is 55.8 Å². The Morgan fingerprint density at radius 3 is 3.00 bits per heavy atom. The van der Waals surface area contributed by atoms with Gasteiger partial charge in [0.15, 0.2) is 0 Å². The highest BCUT2D eigenvalue weighted by Crippen LogP contribution is 2.03. The van der Waals surface area contributed by atoms with Gasteiger partial charge in [-0.2, -0.15) is 0 Å². The zero-order valence-electron chi connectivity index (χ0n) is 6.65. The maximum Gasteiger partial charge on any atom is 0.416 e. The molecule has 0 atom stereocenters. The van der Waals surface area contributed by atoms with Crippen molar-refractivity contribution >= 4 is 12.0 Å². The Bertz CT molecular complexity index is 223. The van der Waals surface area contributed by atoms with Gasteiger partial charge < -0.3 is 9.47 Å². The zero-order chi connectivity index (χ0) is 8.97. The van der Waals surface area contributed by atoms with Crippen LogP contribution in [0, 0.1) is 0 Å². The van der Waals surface area contributed by atoms with E-state index in [1.54, 1.807) is 0 Å². The molecule has 0 aromatic carbocycles. The van der Waals surface area contributed by atoms with E-state index in [0.29, 0.717) is 6.54 Å². The van der Waals surface area contributed by atoms with Crippen molar-refractivity contribution in [3.63, 3.8) is 0 Å². The lowest BCUT2D eigenvalue weighted by atomic mass is 10.5. The number of nitrogens with zero attached hydrogens (tertiary/aromatic N) is 1. The van der Waals surface area contributed by atoms with Crippen molar-refractivity contribution < 1.29 is 19.1 Å². The van der Waals surface area contributed by atoms with Crippen molar-refractivity contribution in [3.8, 4) is 0 Å². The molecule has 0 bridgehead atoms. The zero-order valence-corrected chi connectivity index (χ0v) is 6.65. The molecule has 1 fully saturated rings. The standard InChI is InChI=1S/C7H9NO4/c1-11-4-2-6(9)8-3-5-12-7(8)10/h2,4H,3,5H2,1H3/b4-2+. The van der Waals surface area contributed by atoms with Gasteiger partial charge in [-0.05, 0) is 0 Å². The number of methoxy groups -OCH3 is 1. The number of hydrogen-bond acceptors (Lipinski definition) is 4. The first kappa shape index (κ1) is 8.58. The van der Waals surface area contributed by atoms with Crippen molar-refractivity contribution in [1.29, 1.82) is 0 Å². The molecule has 5 heteroatoms. The van der Waals surface area contributed by atoms with Gasteiger partial charge in [-0.3, -0.25) is 4.79 Å². The Labute approximate surface area is 69.5 Å². The van der Waals surface area contributed by atoms with Crippen LogP contribution in [-0.4, -0.2) is 37.2 Å². The first-order valence-corrected chi connectivity index (χ1v) is 3.43. The molecule has 1 heterocycles. The van der Waals surface area contributed by atoms with Crippen LogP contribution in [0.3, 0.4) is 0 Å². The second-order valence-corrected chi connectivity index (χ2v) is 2.14. The summed E-state index contributed by atoms with van der Waals surface area (Å²) < 4.78 is 9.09. The molecule has 1 aliphatic heterocycles. The molecule has 0 N–H and O–H groups in total. The summed E-state index contributed by atoms with van der Waals surface area (Å²) in [5.41, 5.74) is 0. The first-order valence-electron chi connectivity index (χ1n) is 3.43. The summed E-state index contributed by atoms with van der Waals surface area (Å²) in [7, 11) is 1.42. The van der Waals surface area contributed by atoms with Crippen LogP contribution in [0.15, 0.2) is 12.3 Å². The van der Waals surface area contributed by atoms with Gasteiger partial charge in [-0.1, -0.05) is 0 Å². The van der Waals surface area contributed by atoms with Crippen LogP contribution in [-0.2, 0) is 14.3 Å². The van der Waals surface area contributed by atoms with Crippen molar-refractivity contribution in [2.24, 2.45) is 0 Å². The molecule has 0 saturated carbocycles. The fraction of sp³-hybridized carbons (Fsp3) is 0.429. The molecule has 0 aromatic heterocycles. The summed E-state index contributed by atoms with van der Waals surface area (Å²) in [6, 6.07) is 0. The average Bonchev–Trinajstić information content (AvgIpc) is 2.47. The minimum atomic E-state index is -0.597. The van der Waals surface area contributed by atoms with Gasteiger partial charge in [0.05, 0.1) is 19.9 Å². The Morgan fingerprint density at radius 2 is 2.50 bits per heavy atom. The average molecular weight is 171 g/mol. The number of hydrogen-bond donors (Lipinski definition) is 0. The highest BCUT2D eigenvalue weighted by atomic mass is 16.6. The van der Waals surface area contributed by atoms with Crippen molar-refractivity contribution in [2.45, 2.75) is 0 Å². The van der Waals surface area contributed by atoms with Crippen molar-refractivity contribution in [2.75, 3.05) is 20.3 Å². The molecular formula is C7H9NO4. The van der Waals surface area contributed by atoms with Crippen LogP contribution in [0.25, 0.3) is 0 Å². The van der Waals surface area contributed by atoms with E-state index in [0.717, 1.165) is 4.90 Å². The van der Waals surface area contributed by atoms with Crippen LogP contribution in [0.5, 0.6) is 0 Å². The maximum absolute atomic E-state index is 11.1. The molecule has 1 aliphatic rings. The highest BCUT2D eigenvalue weighted by Gasteiger charge is 2.26. The molecule has 1 saturated heterocycles. The van der Waals surface area contributed by atoms with E-state index in [1.165, 1.54) is 19.4 Å². The van der Waals surface area contributed by atoms with Gasteiger partial charge >= 0.3 is 6.09 Å². The fourth-order valence-corrected chi connectivity index (χ4v) is 0.810. The smallest absolute Gasteiger partial charge is 0.416 e. The summed E-state index contributed by atoms with van der Waals surface area (Å²) in [5, 5.41) is 0. The Balaban J connectivity index is 2.52. The Hall–Kier alpha value is -1.52. The van der Waals surface area contributed by atoms with Gasteiger partial charge in [0, 0.05) is 6.08 Å². The summed E-state index contributed by atoms with van der Waals surface area (Å²) >= 11 is 0.